The summed E-state index contributed by atoms with van der Waals surface area (Å²) in [5.74, 6) is 0.323. The van der Waals surface area contributed by atoms with E-state index in [4.69, 9.17) is 0 Å². The van der Waals surface area contributed by atoms with Gasteiger partial charge < -0.3 is 15.5 Å². The molecule has 0 spiro atoms. The molecule has 0 aromatic heterocycles. The van der Waals surface area contributed by atoms with Crippen molar-refractivity contribution in [3.63, 3.8) is 0 Å². The first kappa shape index (κ1) is 21.0. The van der Waals surface area contributed by atoms with E-state index in [9.17, 15) is 4.79 Å². The molecule has 1 heterocycles. The largest absolute Gasteiger partial charge is 0.370 e. The second-order valence-electron chi connectivity index (χ2n) is 5.58. The molecule has 0 aliphatic carbocycles. The van der Waals surface area contributed by atoms with Crippen LogP contribution in [0.2, 0.25) is 0 Å². The van der Waals surface area contributed by atoms with E-state index in [-0.39, 0.29) is 42.7 Å². The minimum Gasteiger partial charge on any atom is -0.370 e. The summed E-state index contributed by atoms with van der Waals surface area (Å²) in [5.41, 5.74) is 1.17. The van der Waals surface area contributed by atoms with Gasteiger partial charge in [0.1, 0.15) is 0 Å². The Hall–Kier alpha value is -0.970. The van der Waals surface area contributed by atoms with Crippen LogP contribution in [0, 0.1) is 5.92 Å². The number of benzene rings is 1. The van der Waals surface area contributed by atoms with Crippen molar-refractivity contribution < 1.29 is 4.79 Å². The van der Waals surface area contributed by atoms with Gasteiger partial charge >= 0.3 is 0 Å². The van der Waals surface area contributed by atoms with E-state index in [2.05, 4.69) is 41.6 Å². The Morgan fingerprint density at radius 2 is 2.05 bits per heavy atom. The molecule has 4 nitrogen and oxygen atoms in total. The van der Waals surface area contributed by atoms with Gasteiger partial charge in [-0.25, -0.2) is 0 Å². The number of likely N-dealkylation sites (N-methyl/N-ethyl adjacent to an activating group) is 1. The van der Waals surface area contributed by atoms with Crippen LogP contribution < -0.4 is 15.5 Å². The van der Waals surface area contributed by atoms with Crippen LogP contribution in [-0.4, -0.2) is 38.6 Å². The Morgan fingerprint density at radius 1 is 1.36 bits per heavy atom. The predicted molar refractivity (Wildman–Crippen MR) is 97.4 cm³/mol. The van der Waals surface area contributed by atoms with Gasteiger partial charge in [-0.2, -0.15) is 0 Å². The standard InChI is InChI=1S/C16H25N3O.2ClH/c1-13(19(2)15-8-4-3-5-9-15)11-18-16(20)14-7-6-10-17-12-14;;/h3-5,8-9,13-14,17H,6-7,10-12H2,1-2H3,(H,18,20);2*1H. The third kappa shape index (κ3) is 6.03. The van der Waals surface area contributed by atoms with Crippen LogP contribution in [0.5, 0.6) is 0 Å². The zero-order valence-electron chi connectivity index (χ0n) is 13.2. The highest BCUT2D eigenvalue weighted by Gasteiger charge is 2.21. The summed E-state index contributed by atoms with van der Waals surface area (Å²) in [7, 11) is 2.06. The summed E-state index contributed by atoms with van der Waals surface area (Å²) in [5, 5.41) is 6.36. The van der Waals surface area contributed by atoms with Crippen molar-refractivity contribution in [3.8, 4) is 0 Å². The maximum atomic E-state index is 12.1. The lowest BCUT2D eigenvalue weighted by atomic mass is 9.99. The minimum atomic E-state index is 0. The van der Waals surface area contributed by atoms with Gasteiger partial charge in [-0.1, -0.05) is 18.2 Å². The van der Waals surface area contributed by atoms with Gasteiger partial charge in [-0.05, 0) is 38.4 Å². The Labute approximate surface area is 145 Å². The number of amides is 1. The molecule has 2 N–H and O–H groups in total. The zero-order valence-corrected chi connectivity index (χ0v) is 14.9. The van der Waals surface area contributed by atoms with Crippen LogP contribution in [0.4, 0.5) is 5.69 Å². The first-order valence-electron chi connectivity index (χ1n) is 7.45. The van der Waals surface area contributed by atoms with Gasteiger partial charge in [0.15, 0.2) is 0 Å². The van der Waals surface area contributed by atoms with Crippen molar-refractivity contribution in [2.24, 2.45) is 5.92 Å². The molecule has 2 unspecified atom stereocenters. The Bertz CT molecular complexity index is 425. The fourth-order valence-electron chi connectivity index (χ4n) is 2.52. The number of para-hydroxylation sites is 1. The highest BCUT2D eigenvalue weighted by atomic mass is 35.5. The summed E-state index contributed by atoms with van der Waals surface area (Å²) in [6.45, 7) is 4.67. The Balaban J connectivity index is 0.00000220. The number of piperidine rings is 1. The number of nitrogens with zero attached hydrogens (tertiary/aromatic N) is 1. The molecule has 126 valence electrons. The first-order valence-corrected chi connectivity index (χ1v) is 7.45. The molecule has 1 aromatic carbocycles. The van der Waals surface area contributed by atoms with Gasteiger partial charge in [0.05, 0.1) is 5.92 Å². The first-order chi connectivity index (χ1) is 9.68. The van der Waals surface area contributed by atoms with Crippen molar-refractivity contribution in [2.45, 2.75) is 25.8 Å². The van der Waals surface area contributed by atoms with E-state index in [0.29, 0.717) is 6.54 Å². The summed E-state index contributed by atoms with van der Waals surface area (Å²) in [6, 6.07) is 10.5. The lowest BCUT2D eigenvalue weighted by molar-refractivity contribution is -0.125. The van der Waals surface area contributed by atoms with Crippen LogP contribution in [0.1, 0.15) is 19.8 Å². The Morgan fingerprint density at radius 3 is 2.64 bits per heavy atom. The van der Waals surface area contributed by atoms with Crippen LogP contribution >= 0.6 is 24.8 Å². The molecule has 1 aromatic rings. The molecule has 2 rings (SSSR count). The highest BCUT2D eigenvalue weighted by molar-refractivity contribution is 5.85. The second kappa shape index (κ2) is 10.7. The van der Waals surface area contributed by atoms with E-state index in [0.717, 1.165) is 25.9 Å². The van der Waals surface area contributed by atoms with Gasteiger partial charge in [0.25, 0.3) is 0 Å². The van der Waals surface area contributed by atoms with Crippen LogP contribution in [0.3, 0.4) is 0 Å². The third-order valence-corrected chi connectivity index (χ3v) is 4.06. The number of hydrogen-bond acceptors (Lipinski definition) is 3. The minimum absolute atomic E-state index is 0. The number of carbonyl (C=O) groups is 1. The van der Waals surface area contributed by atoms with Gasteiger partial charge in [0, 0.05) is 31.9 Å². The van der Waals surface area contributed by atoms with E-state index >= 15 is 0 Å². The monoisotopic (exact) mass is 347 g/mol. The highest BCUT2D eigenvalue weighted by Crippen LogP contribution is 2.14. The second-order valence-corrected chi connectivity index (χ2v) is 5.58. The number of halogens is 2. The number of carbonyl (C=O) groups excluding carboxylic acids is 1. The zero-order chi connectivity index (χ0) is 14.4. The van der Waals surface area contributed by atoms with E-state index in [1.54, 1.807) is 0 Å². The van der Waals surface area contributed by atoms with Crippen molar-refractivity contribution >= 4 is 36.4 Å². The van der Waals surface area contributed by atoms with Crippen molar-refractivity contribution in [2.75, 3.05) is 31.6 Å². The van der Waals surface area contributed by atoms with E-state index in [1.807, 2.05) is 18.2 Å². The van der Waals surface area contributed by atoms with Crippen molar-refractivity contribution in [3.05, 3.63) is 30.3 Å². The maximum Gasteiger partial charge on any atom is 0.224 e. The van der Waals surface area contributed by atoms with E-state index < -0.39 is 0 Å². The summed E-state index contributed by atoms with van der Waals surface area (Å²) in [4.78, 5) is 14.3. The fourth-order valence-corrected chi connectivity index (χ4v) is 2.52. The van der Waals surface area contributed by atoms with Crippen molar-refractivity contribution in [1.82, 2.24) is 10.6 Å². The SMILES string of the molecule is CC(CNC(=O)C1CCCNC1)N(C)c1ccccc1.Cl.Cl. The molecule has 1 saturated heterocycles. The molecule has 1 aliphatic rings. The average molecular weight is 348 g/mol. The molecular weight excluding hydrogens is 321 g/mol. The lowest BCUT2D eigenvalue weighted by Gasteiger charge is -2.28. The van der Waals surface area contributed by atoms with Gasteiger partial charge in [-0.3, -0.25) is 4.79 Å². The van der Waals surface area contributed by atoms with E-state index in [1.165, 1.54) is 5.69 Å². The number of hydrogen-bond donors (Lipinski definition) is 2. The summed E-state index contributed by atoms with van der Waals surface area (Å²) < 4.78 is 0. The van der Waals surface area contributed by atoms with Gasteiger partial charge in [-0.15, -0.1) is 24.8 Å². The predicted octanol–water partition coefficient (Wildman–Crippen LogP) is 2.47. The van der Waals surface area contributed by atoms with Crippen molar-refractivity contribution in [1.29, 1.82) is 0 Å². The quantitative estimate of drug-likeness (QED) is 0.859. The molecule has 0 saturated carbocycles. The molecule has 0 bridgehead atoms. The molecule has 1 aliphatic heterocycles. The van der Waals surface area contributed by atoms with Gasteiger partial charge in [0.2, 0.25) is 5.91 Å². The summed E-state index contributed by atoms with van der Waals surface area (Å²) in [6.07, 6.45) is 2.10. The molecule has 1 amide bonds. The average Bonchev–Trinajstić information content (AvgIpc) is 2.53. The summed E-state index contributed by atoms with van der Waals surface area (Å²) >= 11 is 0. The topological polar surface area (TPSA) is 44.4 Å². The fraction of sp³-hybridized carbons (Fsp3) is 0.562. The molecule has 6 heteroatoms. The van der Waals surface area contributed by atoms with Crippen LogP contribution in [0.15, 0.2) is 30.3 Å². The normalized spacial score (nSPS) is 18.4. The smallest absolute Gasteiger partial charge is 0.224 e. The molecule has 1 fully saturated rings. The number of nitrogens with one attached hydrogen (secondary N) is 2. The number of rotatable bonds is 5. The molecular formula is C16H27Cl2N3O. The molecule has 22 heavy (non-hydrogen) atoms. The number of anilines is 1. The molecule has 2 atom stereocenters. The third-order valence-electron chi connectivity index (χ3n) is 4.06. The molecule has 0 radical (unpaired) electrons. The Kier molecular flexibility index (Phi) is 10.2. The maximum absolute atomic E-state index is 12.1. The van der Waals surface area contributed by atoms with Crippen LogP contribution in [-0.2, 0) is 4.79 Å². The van der Waals surface area contributed by atoms with Crippen LogP contribution in [0.25, 0.3) is 0 Å². The lowest BCUT2D eigenvalue weighted by Crippen LogP contribution is -2.45.